The lowest BCUT2D eigenvalue weighted by Crippen LogP contribution is -2.51. The van der Waals surface area contributed by atoms with Crippen molar-refractivity contribution in [3.05, 3.63) is 23.5 Å². The quantitative estimate of drug-likeness (QED) is 0.830. The van der Waals surface area contributed by atoms with Gasteiger partial charge in [0, 0.05) is 6.61 Å². The van der Waals surface area contributed by atoms with E-state index in [1.165, 1.54) is 13.0 Å². The van der Waals surface area contributed by atoms with Crippen LogP contribution in [0.2, 0.25) is 0 Å². The molecular formula is C13H19FN2O3S. The van der Waals surface area contributed by atoms with Crippen LogP contribution in [-0.2, 0) is 14.8 Å². The van der Waals surface area contributed by atoms with Crippen LogP contribution in [0.3, 0.4) is 0 Å². The first-order valence-corrected chi connectivity index (χ1v) is 7.89. The molecule has 0 aromatic heterocycles. The lowest BCUT2D eigenvalue weighted by atomic mass is 9.97. The molecule has 0 bridgehead atoms. The van der Waals surface area contributed by atoms with Crippen molar-refractivity contribution in [3.63, 3.8) is 0 Å². The maximum Gasteiger partial charge on any atom is 0.241 e. The molecule has 3 N–H and O–H groups in total. The summed E-state index contributed by atoms with van der Waals surface area (Å²) < 4.78 is 46.2. The second-order valence-electron chi connectivity index (χ2n) is 5.47. The van der Waals surface area contributed by atoms with Crippen LogP contribution in [0.4, 0.5) is 10.1 Å². The molecule has 112 valence electrons. The Kier molecular flexibility index (Phi) is 4.04. The predicted octanol–water partition coefficient (Wildman–Crippen LogP) is 1.56. The Balaban J connectivity index is 2.31. The van der Waals surface area contributed by atoms with Gasteiger partial charge < -0.3 is 10.5 Å². The normalized spacial score (nSPS) is 23.8. The number of anilines is 1. The highest BCUT2D eigenvalue weighted by Crippen LogP contribution is 2.24. The van der Waals surface area contributed by atoms with Gasteiger partial charge in [0.1, 0.15) is 5.82 Å². The minimum Gasteiger partial charge on any atom is -0.396 e. The second kappa shape index (κ2) is 5.31. The third-order valence-electron chi connectivity index (χ3n) is 3.39. The zero-order chi connectivity index (χ0) is 15.0. The fourth-order valence-corrected chi connectivity index (χ4v) is 3.86. The molecule has 0 spiro atoms. The van der Waals surface area contributed by atoms with Gasteiger partial charge in [-0.3, -0.25) is 0 Å². The number of nitrogens with two attached hydrogens (primary N) is 1. The summed E-state index contributed by atoms with van der Waals surface area (Å²) in [6.45, 7) is 4.24. The first-order valence-electron chi connectivity index (χ1n) is 6.41. The Hall–Kier alpha value is -1.18. The van der Waals surface area contributed by atoms with Gasteiger partial charge in [0.2, 0.25) is 10.0 Å². The summed E-state index contributed by atoms with van der Waals surface area (Å²) in [5.74, 6) is -0.587. The topological polar surface area (TPSA) is 81.4 Å². The van der Waals surface area contributed by atoms with E-state index in [-0.39, 0.29) is 16.1 Å². The largest absolute Gasteiger partial charge is 0.396 e. The van der Waals surface area contributed by atoms with E-state index in [1.807, 2.05) is 0 Å². The zero-order valence-electron chi connectivity index (χ0n) is 11.6. The highest BCUT2D eigenvalue weighted by atomic mass is 32.2. The van der Waals surface area contributed by atoms with E-state index in [0.29, 0.717) is 19.6 Å². The van der Waals surface area contributed by atoms with E-state index in [9.17, 15) is 12.8 Å². The standard InChI is InChI=1S/C13H19FN2O3S/c1-9-6-10(7-11(15)12(9)14)20(17,18)16-13(2)4-3-5-19-8-13/h6-7,16H,3-5,8,15H2,1-2H3. The van der Waals surface area contributed by atoms with Crippen LogP contribution in [0.25, 0.3) is 0 Å². The number of ether oxygens (including phenoxy) is 1. The van der Waals surface area contributed by atoms with Crippen molar-refractivity contribution in [2.45, 2.75) is 37.1 Å². The number of nitrogens with one attached hydrogen (secondary N) is 1. The lowest BCUT2D eigenvalue weighted by molar-refractivity contribution is 0.0386. The van der Waals surface area contributed by atoms with Crippen molar-refractivity contribution in [2.24, 2.45) is 0 Å². The molecule has 1 aliphatic rings. The zero-order valence-corrected chi connectivity index (χ0v) is 12.4. The van der Waals surface area contributed by atoms with Gasteiger partial charge in [0.25, 0.3) is 0 Å². The van der Waals surface area contributed by atoms with Crippen LogP contribution < -0.4 is 10.5 Å². The fraction of sp³-hybridized carbons (Fsp3) is 0.538. The molecule has 1 saturated heterocycles. The van der Waals surface area contributed by atoms with Gasteiger partial charge in [-0.05, 0) is 44.4 Å². The Morgan fingerprint density at radius 1 is 1.45 bits per heavy atom. The molecule has 1 aliphatic heterocycles. The molecule has 1 atom stereocenters. The molecule has 1 fully saturated rings. The van der Waals surface area contributed by atoms with Gasteiger partial charge in [-0.25, -0.2) is 17.5 Å². The summed E-state index contributed by atoms with van der Waals surface area (Å²) in [4.78, 5) is -0.0271. The molecule has 1 aromatic rings. The highest BCUT2D eigenvalue weighted by molar-refractivity contribution is 7.89. The van der Waals surface area contributed by atoms with E-state index >= 15 is 0 Å². The average molecular weight is 302 g/mol. The molecule has 1 heterocycles. The van der Waals surface area contributed by atoms with Crippen molar-refractivity contribution in [1.29, 1.82) is 0 Å². The summed E-state index contributed by atoms with van der Waals surface area (Å²) in [6, 6.07) is 2.42. The van der Waals surface area contributed by atoms with Crippen molar-refractivity contribution in [3.8, 4) is 0 Å². The number of hydrogen-bond acceptors (Lipinski definition) is 4. The monoisotopic (exact) mass is 302 g/mol. The van der Waals surface area contributed by atoms with E-state index in [0.717, 1.165) is 12.5 Å². The SMILES string of the molecule is Cc1cc(S(=O)(=O)NC2(C)CCCOC2)cc(N)c1F. The van der Waals surface area contributed by atoms with Crippen LogP contribution in [-0.4, -0.2) is 27.2 Å². The third kappa shape index (κ3) is 3.11. The van der Waals surface area contributed by atoms with Gasteiger partial charge in [0.05, 0.1) is 22.7 Å². The molecule has 1 unspecified atom stereocenters. The molecule has 5 nitrogen and oxygen atoms in total. The number of aryl methyl sites for hydroxylation is 1. The predicted molar refractivity (Wildman–Crippen MR) is 74.3 cm³/mol. The van der Waals surface area contributed by atoms with E-state index in [2.05, 4.69) is 4.72 Å². The van der Waals surface area contributed by atoms with Crippen LogP contribution >= 0.6 is 0 Å². The Morgan fingerprint density at radius 3 is 2.70 bits per heavy atom. The number of nitrogen functional groups attached to an aromatic ring is 1. The minimum absolute atomic E-state index is 0.0271. The number of halogens is 1. The minimum atomic E-state index is -3.76. The third-order valence-corrected chi connectivity index (χ3v) is 5.00. The first-order chi connectivity index (χ1) is 9.23. The summed E-state index contributed by atoms with van der Waals surface area (Å²) >= 11 is 0. The second-order valence-corrected chi connectivity index (χ2v) is 7.15. The average Bonchev–Trinajstić information content (AvgIpc) is 2.35. The Labute approximate surface area is 118 Å². The van der Waals surface area contributed by atoms with Gasteiger partial charge in [-0.15, -0.1) is 0 Å². The van der Waals surface area contributed by atoms with Crippen LogP contribution in [0.5, 0.6) is 0 Å². The molecule has 0 amide bonds. The van der Waals surface area contributed by atoms with Crippen molar-refractivity contribution in [1.82, 2.24) is 4.72 Å². The van der Waals surface area contributed by atoms with Gasteiger partial charge >= 0.3 is 0 Å². The number of rotatable bonds is 3. The lowest BCUT2D eigenvalue weighted by Gasteiger charge is -2.33. The molecular weight excluding hydrogens is 283 g/mol. The van der Waals surface area contributed by atoms with Crippen LogP contribution in [0, 0.1) is 12.7 Å². The van der Waals surface area contributed by atoms with Crippen molar-refractivity contribution >= 4 is 15.7 Å². The molecule has 20 heavy (non-hydrogen) atoms. The summed E-state index contributed by atoms with van der Waals surface area (Å²) in [5.41, 5.74) is 4.88. The van der Waals surface area contributed by atoms with Gasteiger partial charge in [-0.1, -0.05) is 0 Å². The maximum atomic E-state index is 13.5. The Morgan fingerprint density at radius 2 is 2.15 bits per heavy atom. The van der Waals surface area contributed by atoms with E-state index in [1.54, 1.807) is 6.92 Å². The number of sulfonamides is 1. The molecule has 7 heteroatoms. The van der Waals surface area contributed by atoms with Crippen LogP contribution in [0.1, 0.15) is 25.3 Å². The van der Waals surface area contributed by atoms with Crippen molar-refractivity contribution < 1.29 is 17.5 Å². The van der Waals surface area contributed by atoms with E-state index < -0.39 is 21.4 Å². The fourth-order valence-electron chi connectivity index (χ4n) is 2.32. The smallest absolute Gasteiger partial charge is 0.241 e. The number of hydrogen-bond donors (Lipinski definition) is 2. The first kappa shape index (κ1) is 15.2. The molecule has 2 rings (SSSR count). The summed E-state index contributed by atoms with van der Waals surface area (Å²) in [7, 11) is -3.76. The highest BCUT2D eigenvalue weighted by Gasteiger charge is 2.33. The van der Waals surface area contributed by atoms with Gasteiger partial charge in [-0.2, -0.15) is 0 Å². The molecule has 0 aliphatic carbocycles. The molecule has 0 radical (unpaired) electrons. The van der Waals surface area contributed by atoms with E-state index in [4.69, 9.17) is 10.5 Å². The number of benzene rings is 1. The van der Waals surface area contributed by atoms with Crippen LogP contribution in [0.15, 0.2) is 17.0 Å². The van der Waals surface area contributed by atoms with Crippen molar-refractivity contribution in [2.75, 3.05) is 18.9 Å². The van der Waals surface area contributed by atoms with Gasteiger partial charge in [0.15, 0.2) is 0 Å². The summed E-state index contributed by atoms with van der Waals surface area (Å²) in [6.07, 6.45) is 1.49. The maximum absolute atomic E-state index is 13.5. The summed E-state index contributed by atoms with van der Waals surface area (Å²) in [5, 5.41) is 0. The Bertz CT molecular complexity index is 587. The molecule has 0 saturated carbocycles. The molecule has 1 aromatic carbocycles.